The lowest BCUT2D eigenvalue weighted by molar-refractivity contribution is -0.158. The number of hydrogen-bond donors (Lipinski definition) is 2. The molecule has 2 N–H and O–H groups in total. The molecule has 0 heterocycles. The fourth-order valence-electron chi connectivity index (χ4n) is 2.90. The van der Waals surface area contributed by atoms with E-state index in [1.165, 1.54) is 38.5 Å². The van der Waals surface area contributed by atoms with Gasteiger partial charge in [0, 0.05) is 12.3 Å². The fourth-order valence-corrected chi connectivity index (χ4v) is 3.26. The summed E-state index contributed by atoms with van der Waals surface area (Å²) in [6.07, 6.45) is 14.9. The Morgan fingerprint density at radius 3 is 1.70 bits per heavy atom. The number of unbranched alkanes of at least 4 members (excludes halogenated alkanes) is 9. The first-order chi connectivity index (χ1) is 19.3. The third-order valence-corrected chi connectivity index (χ3v) is 5.21. The molecule has 0 aliphatic carbocycles. The van der Waals surface area contributed by atoms with E-state index in [2.05, 4.69) is 88.4 Å². The summed E-state index contributed by atoms with van der Waals surface area (Å²) in [5.41, 5.74) is 0. The first-order valence-corrected chi connectivity index (χ1v) is 14.3. The van der Waals surface area contributed by atoms with Crippen molar-refractivity contribution in [2.75, 3.05) is 13.2 Å². The molecule has 210 valence electrons. The minimum Gasteiger partial charge on any atom is -0.456 e. The number of hydrogen-bond acceptors (Lipinski definition) is 6. The van der Waals surface area contributed by atoms with Gasteiger partial charge in [-0.1, -0.05) is 64.7 Å². The molecule has 0 radical (unpaired) electrons. The summed E-state index contributed by atoms with van der Waals surface area (Å²) in [7, 11) is -4.82. The summed E-state index contributed by atoms with van der Waals surface area (Å²) in [6, 6.07) is 0. The molecule has 1 atom stereocenters. The standard InChI is InChI=1S/C31H33O8P/c1-3-5-7-9-11-13-15-16-18-19-21-23-25-30(32)37-27-29(28-38-40(34,35)36)39-31(33)26-24-22-20-17-14-12-10-8-6-4-2/h1,29H,4,6,8,10,12,14,17,20,22,24,26-28H2,2H3,(H2,34,35,36)/t29-/m1/s1. The van der Waals surface area contributed by atoms with Crippen molar-refractivity contribution in [1.29, 1.82) is 0 Å². The Bertz CT molecular complexity index is 1270. The topological polar surface area (TPSA) is 119 Å². The van der Waals surface area contributed by atoms with E-state index in [0.29, 0.717) is 6.42 Å². The molecule has 8 nitrogen and oxygen atoms in total. The monoisotopic (exact) mass is 564 g/mol. The summed E-state index contributed by atoms with van der Waals surface area (Å²) >= 11 is 0. The van der Waals surface area contributed by atoms with E-state index in [1.54, 1.807) is 0 Å². The predicted molar refractivity (Wildman–Crippen MR) is 151 cm³/mol. The first kappa shape index (κ1) is 36.0. The third kappa shape index (κ3) is 27.0. The average molecular weight is 565 g/mol. The van der Waals surface area contributed by atoms with Crippen molar-refractivity contribution in [3.8, 4) is 83.4 Å². The van der Waals surface area contributed by atoms with Gasteiger partial charge >= 0.3 is 19.8 Å². The summed E-state index contributed by atoms with van der Waals surface area (Å²) in [5.74, 6) is 28.6. The molecule has 0 saturated heterocycles. The van der Waals surface area contributed by atoms with Gasteiger partial charge in [-0.05, 0) is 77.5 Å². The highest BCUT2D eigenvalue weighted by Gasteiger charge is 2.22. The summed E-state index contributed by atoms with van der Waals surface area (Å²) in [5, 5.41) is 0. The number of phosphoric ester groups is 1. The van der Waals surface area contributed by atoms with Crippen LogP contribution in [0.5, 0.6) is 0 Å². The van der Waals surface area contributed by atoms with Crippen molar-refractivity contribution in [3.63, 3.8) is 0 Å². The highest BCUT2D eigenvalue weighted by molar-refractivity contribution is 7.46. The van der Waals surface area contributed by atoms with Crippen molar-refractivity contribution >= 4 is 19.8 Å². The van der Waals surface area contributed by atoms with Crippen LogP contribution >= 0.6 is 7.82 Å². The van der Waals surface area contributed by atoms with Crippen LogP contribution in [0.1, 0.15) is 77.6 Å². The van der Waals surface area contributed by atoms with Gasteiger partial charge in [0.1, 0.15) is 6.61 Å². The largest absolute Gasteiger partial charge is 0.469 e. The van der Waals surface area contributed by atoms with Gasteiger partial charge in [0.2, 0.25) is 0 Å². The van der Waals surface area contributed by atoms with Gasteiger partial charge in [-0.3, -0.25) is 9.32 Å². The zero-order valence-electron chi connectivity index (χ0n) is 22.6. The van der Waals surface area contributed by atoms with E-state index in [4.69, 9.17) is 25.7 Å². The maximum absolute atomic E-state index is 12.2. The Balaban J connectivity index is 4.53. The number of terminal acetylenes is 1. The lowest BCUT2D eigenvalue weighted by atomic mass is 10.1. The molecule has 0 fully saturated rings. The molecule has 0 saturated carbocycles. The Morgan fingerprint density at radius 1 is 0.725 bits per heavy atom. The Morgan fingerprint density at radius 2 is 1.20 bits per heavy atom. The van der Waals surface area contributed by atoms with Gasteiger partial charge < -0.3 is 19.3 Å². The van der Waals surface area contributed by atoms with Crippen LogP contribution in [0, 0.1) is 83.4 Å². The van der Waals surface area contributed by atoms with Crippen molar-refractivity contribution < 1.29 is 37.9 Å². The fraction of sp³-hybridized carbons (Fsp3) is 0.484. The van der Waals surface area contributed by atoms with Crippen molar-refractivity contribution in [1.82, 2.24) is 0 Å². The second-order valence-electron chi connectivity index (χ2n) is 8.07. The van der Waals surface area contributed by atoms with Crippen LogP contribution in [0.25, 0.3) is 0 Å². The highest BCUT2D eigenvalue weighted by atomic mass is 31.2. The molecule has 0 amide bonds. The summed E-state index contributed by atoms with van der Waals surface area (Å²) in [6.45, 7) is 1.02. The molecule has 0 aromatic rings. The molecular formula is C31H33O8P. The molecule has 0 aromatic heterocycles. The van der Waals surface area contributed by atoms with Crippen LogP contribution in [0.3, 0.4) is 0 Å². The number of carbonyl (C=O) groups is 2. The molecule has 0 aliphatic rings. The SMILES string of the molecule is C#CC#CC#CC#CC#CC#CC#CC(=O)OC[C@H](COP(=O)(O)O)OC(=O)CCCCCCCCCCCC. The summed E-state index contributed by atoms with van der Waals surface area (Å²) in [4.78, 5) is 41.8. The average Bonchev–Trinajstić information content (AvgIpc) is 2.91. The second kappa shape index (κ2) is 25.3. The molecule has 0 spiro atoms. The second-order valence-corrected chi connectivity index (χ2v) is 9.31. The van der Waals surface area contributed by atoms with Crippen molar-refractivity contribution in [3.05, 3.63) is 0 Å². The maximum atomic E-state index is 12.2. The minimum atomic E-state index is -4.82. The van der Waals surface area contributed by atoms with E-state index < -0.39 is 39.1 Å². The number of ether oxygens (including phenoxy) is 2. The smallest absolute Gasteiger partial charge is 0.456 e. The van der Waals surface area contributed by atoms with Crippen LogP contribution in [-0.2, 0) is 28.2 Å². The summed E-state index contributed by atoms with van der Waals surface area (Å²) < 4.78 is 25.5. The van der Waals surface area contributed by atoms with Gasteiger partial charge in [0.15, 0.2) is 6.10 Å². The predicted octanol–water partition coefficient (Wildman–Crippen LogP) is 3.52. The van der Waals surface area contributed by atoms with Crippen LogP contribution in [0.15, 0.2) is 0 Å². The van der Waals surface area contributed by atoms with Gasteiger partial charge in [0.25, 0.3) is 0 Å². The van der Waals surface area contributed by atoms with Crippen LogP contribution in [0.2, 0.25) is 0 Å². The zero-order chi connectivity index (χ0) is 29.7. The lowest BCUT2D eigenvalue weighted by Crippen LogP contribution is -2.29. The van der Waals surface area contributed by atoms with E-state index >= 15 is 0 Å². The number of carbonyl (C=O) groups excluding carboxylic acids is 2. The maximum Gasteiger partial charge on any atom is 0.469 e. The quantitative estimate of drug-likeness (QED) is 0.0906. The van der Waals surface area contributed by atoms with Crippen LogP contribution in [0.4, 0.5) is 0 Å². The number of phosphoric acid groups is 1. The van der Waals surface area contributed by atoms with E-state index in [0.717, 1.165) is 19.3 Å². The molecule has 0 unspecified atom stereocenters. The lowest BCUT2D eigenvalue weighted by Gasteiger charge is -2.17. The minimum absolute atomic E-state index is 0.129. The van der Waals surface area contributed by atoms with Crippen molar-refractivity contribution in [2.24, 2.45) is 0 Å². The number of rotatable bonds is 17. The van der Waals surface area contributed by atoms with Gasteiger partial charge in [-0.2, -0.15) is 0 Å². The van der Waals surface area contributed by atoms with E-state index in [1.807, 2.05) is 0 Å². The van der Waals surface area contributed by atoms with E-state index in [-0.39, 0.29) is 6.42 Å². The van der Waals surface area contributed by atoms with Crippen molar-refractivity contribution in [2.45, 2.75) is 83.7 Å². The van der Waals surface area contributed by atoms with Gasteiger partial charge in [-0.25, -0.2) is 9.36 Å². The third-order valence-electron chi connectivity index (χ3n) is 4.72. The van der Waals surface area contributed by atoms with Crippen LogP contribution in [-0.4, -0.2) is 41.0 Å². The molecular weight excluding hydrogens is 531 g/mol. The zero-order valence-corrected chi connectivity index (χ0v) is 23.5. The molecule has 9 heteroatoms. The van der Waals surface area contributed by atoms with E-state index in [9.17, 15) is 14.2 Å². The van der Waals surface area contributed by atoms with Crippen LogP contribution < -0.4 is 0 Å². The molecule has 40 heavy (non-hydrogen) atoms. The molecule has 0 bridgehead atoms. The highest BCUT2D eigenvalue weighted by Crippen LogP contribution is 2.35. The first-order valence-electron chi connectivity index (χ1n) is 12.8. The van der Waals surface area contributed by atoms with Gasteiger partial charge in [0.05, 0.1) is 6.61 Å². The van der Waals surface area contributed by atoms with Gasteiger partial charge in [-0.15, -0.1) is 6.42 Å². The number of esters is 2. The Labute approximate surface area is 237 Å². The molecule has 0 aliphatic heterocycles. The molecule has 0 rings (SSSR count). The Kier molecular flexibility index (Phi) is 22.7. The Hall–Kier alpha value is -4.03. The normalized spacial score (nSPS) is 9.75. The molecule has 0 aromatic carbocycles.